The van der Waals surface area contributed by atoms with Gasteiger partial charge in [-0.3, -0.25) is 0 Å². The molecule has 9 radical (unpaired) electrons. The smallest absolute Gasteiger partial charge is 0.214 e. The van der Waals surface area contributed by atoms with Crippen LogP contribution in [-0.2, 0) is 20.1 Å². The van der Waals surface area contributed by atoms with Gasteiger partial charge in [0.15, 0.2) is 52.4 Å². The second-order valence-electron chi connectivity index (χ2n) is 18.5. The van der Waals surface area contributed by atoms with Gasteiger partial charge in [0.25, 0.3) is 0 Å². The number of halogens is 15. The minimum atomic E-state index is -6.18. The van der Waals surface area contributed by atoms with Gasteiger partial charge in [-0.2, -0.15) is 0 Å². The molecule has 0 atom stereocenters. The van der Waals surface area contributed by atoms with Crippen molar-refractivity contribution in [2.75, 3.05) is 4.90 Å². The first kappa shape index (κ1) is 58.3. The summed E-state index contributed by atoms with van der Waals surface area (Å²) in [5, 5.41) is 0. The fourth-order valence-electron chi connectivity index (χ4n) is 9.28. The molecule has 2 nitrogen and oxygen atoms in total. The van der Waals surface area contributed by atoms with Crippen LogP contribution in [0.1, 0.15) is 104 Å². The maximum atomic E-state index is 16.9. The average molecular weight is 1200 g/mol. The minimum Gasteiger partial charge on any atom is -0.349 e. The van der Waals surface area contributed by atoms with Crippen molar-refractivity contribution in [2.24, 2.45) is 11.8 Å². The summed E-state index contributed by atoms with van der Waals surface area (Å²) in [6, 6.07) is 4.37. The monoisotopic (exact) mass is 1200 g/mol. The van der Waals surface area contributed by atoms with Crippen LogP contribution in [0.3, 0.4) is 0 Å². The van der Waals surface area contributed by atoms with Crippen molar-refractivity contribution in [3.63, 3.8) is 0 Å². The van der Waals surface area contributed by atoms with E-state index in [9.17, 15) is 13.2 Å². The molecule has 19 heteroatoms. The Hall–Kier alpha value is -4.64. The van der Waals surface area contributed by atoms with Gasteiger partial charge in [-0.05, 0) is 104 Å². The molecule has 4 aromatic carbocycles. The Labute approximate surface area is 423 Å². The van der Waals surface area contributed by atoms with Crippen molar-refractivity contribution in [3.8, 4) is 0 Å². The number of hydrogen-bond acceptors (Lipinski definition) is 2. The van der Waals surface area contributed by atoms with Crippen LogP contribution in [0.2, 0.25) is 0 Å². The van der Waals surface area contributed by atoms with Crippen LogP contribution in [0.25, 0.3) is 0 Å². The Morgan fingerprint density at radius 2 is 0.792 bits per heavy atom. The summed E-state index contributed by atoms with van der Waals surface area (Å²) in [6.07, 6.45) is 13.1. The van der Waals surface area contributed by atoms with E-state index in [1.807, 2.05) is 0 Å². The zero-order chi connectivity index (χ0) is 52.7. The van der Waals surface area contributed by atoms with E-state index in [1.54, 1.807) is 74.0 Å². The number of nitrogens with zero attached hydrogens (tertiary/aromatic N) is 2. The molecule has 1 fully saturated rings. The van der Waals surface area contributed by atoms with E-state index in [0.29, 0.717) is 22.6 Å². The molecule has 1 heterocycles. The van der Waals surface area contributed by atoms with Gasteiger partial charge in [0.05, 0.1) is 0 Å². The quantitative estimate of drug-likeness (QED) is 0.0676. The first-order valence-corrected chi connectivity index (χ1v) is 22.7. The summed E-state index contributed by atoms with van der Waals surface area (Å²) in [5.41, 5.74) is -9.13. The molecule has 0 N–H and O–H groups in total. The van der Waals surface area contributed by atoms with Crippen molar-refractivity contribution in [1.29, 1.82) is 0 Å². The Kier molecular flexibility index (Phi) is 18.8. The van der Waals surface area contributed by atoms with Crippen molar-refractivity contribution in [3.05, 3.63) is 196 Å². The van der Waals surface area contributed by atoms with E-state index < -0.39 is 139 Å². The number of anilines is 1. The second-order valence-corrected chi connectivity index (χ2v) is 18.5. The Morgan fingerprint density at radius 3 is 1.10 bits per heavy atom. The predicted molar refractivity (Wildman–Crippen MR) is 243 cm³/mol. The fourth-order valence-corrected chi connectivity index (χ4v) is 9.28. The number of para-hydroxylation sites is 1. The molecule has 0 bridgehead atoms. The summed E-state index contributed by atoms with van der Waals surface area (Å²) in [6.45, 7) is 15.9. The number of benzene rings is 4. The van der Waals surface area contributed by atoms with Crippen LogP contribution in [0.15, 0.2) is 53.4 Å². The van der Waals surface area contributed by atoms with Gasteiger partial charge in [0.1, 0.15) is 41.0 Å². The van der Waals surface area contributed by atoms with Gasteiger partial charge in [-0.15, -0.1) is 22.0 Å². The molecule has 72 heavy (non-hydrogen) atoms. The van der Waals surface area contributed by atoms with Crippen molar-refractivity contribution >= 4 is 28.2 Å². The third-order valence-electron chi connectivity index (χ3n) is 12.7. The third-order valence-corrected chi connectivity index (χ3v) is 12.7. The largest absolute Gasteiger partial charge is 0.349 e. The Bertz CT molecular complexity index is 2480. The molecular weight excluding hydrogens is 1150 g/mol. The van der Waals surface area contributed by atoms with E-state index in [2.05, 4.69) is 32.4 Å². The summed E-state index contributed by atoms with van der Waals surface area (Å²) >= 11 is 0. The summed E-state index contributed by atoms with van der Waals surface area (Å²) in [4.78, 5) is 1.53. The first-order chi connectivity index (χ1) is 33.4. The van der Waals surface area contributed by atoms with E-state index >= 15 is 52.7 Å². The number of allylic oxidation sites excluding steroid dienone is 4. The van der Waals surface area contributed by atoms with Gasteiger partial charge in [0.2, 0.25) is 6.67 Å². The molecule has 0 aromatic heterocycles. The maximum Gasteiger partial charge on any atom is 0.214 e. The van der Waals surface area contributed by atoms with E-state index in [-0.39, 0.29) is 42.6 Å². The van der Waals surface area contributed by atoms with E-state index in [1.165, 1.54) is 43.9 Å². The van der Waals surface area contributed by atoms with Crippen molar-refractivity contribution in [1.82, 2.24) is 4.90 Å². The zero-order valence-electron chi connectivity index (χ0n) is 40.0. The Balaban J connectivity index is 0.000000973. The van der Waals surface area contributed by atoms with Gasteiger partial charge >= 0.3 is 0 Å². The molecule has 0 amide bonds. The number of rotatable bonds is 10. The van der Waals surface area contributed by atoms with Crippen LogP contribution in [0, 0.1) is 144 Å². The van der Waals surface area contributed by atoms with Gasteiger partial charge < -0.3 is 9.80 Å². The van der Waals surface area contributed by atoms with Gasteiger partial charge in [0, 0.05) is 37.4 Å². The van der Waals surface area contributed by atoms with Crippen molar-refractivity contribution in [2.45, 2.75) is 92.9 Å². The Morgan fingerprint density at radius 1 is 0.458 bits per heavy atom. The summed E-state index contributed by atoms with van der Waals surface area (Å²) in [7, 11) is 0. The molecule has 387 valence electrons. The maximum absolute atomic E-state index is 16.9. The van der Waals surface area contributed by atoms with Crippen LogP contribution < -0.4 is 21.3 Å². The van der Waals surface area contributed by atoms with E-state index in [4.69, 9.17) is 0 Å². The van der Waals surface area contributed by atoms with Crippen LogP contribution >= 0.6 is 0 Å². The molecule has 1 saturated carbocycles. The zero-order valence-corrected chi connectivity index (χ0v) is 42.4. The van der Waals surface area contributed by atoms with E-state index in [0.717, 1.165) is 4.90 Å². The molecule has 3 aliphatic rings. The van der Waals surface area contributed by atoms with Gasteiger partial charge in [-0.25, -0.2) is 65.9 Å². The number of hydrogen-bond donors (Lipinski definition) is 0. The average Bonchev–Trinajstić information content (AvgIpc) is 3.77. The summed E-state index contributed by atoms with van der Waals surface area (Å²) < 4.78 is 241. The molecule has 7 rings (SSSR count). The molecule has 4 aromatic rings. The van der Waals surface area contributed by atoms with Crippen LogP contribution in [0.5, 0.6) is 0 Å². The first-order valence-electron chi connectivity index (χ1n) is 22.7. The molecule has 0 spiro atoms. The standard InChI is InChI=1S/C45H35BF15N2.C8H12.Ir/c1-17(2)21-11-9-12-22(18(3)4)44(21)62-15-25(63(16-62)45-23(19(5)6)13-10-14-24(45)20(7)8)46(26-29(47)35(53)41(59)36(54)30(26)48,27-31(49)37(55)42(60)38(56)32(27)50)28-33(51)39(57)43(61)40(58)34(28)52;1-2-4-6-8-7-5-3-1;/h9-15,17-20H,1-8H3;1-2,7-8H,3-6H2;/q-1;;. The molecule has 0 unspecified atom stereocenters. The van der Waals surface area contributed by atoms with Crippen molar-refractivity contribution < 1.29 is 86.0 Å². The third kappa shape index (κ3) is 10.1. The van der Waals surface area contributed by atoms with Crippen LogP contribution in [0.4, 0.5) is 71.5 Å². The fraction of sp³-hybridized carbons (Fsp3) is 0.302. The molecule has 1 aliphatic heterocycles. The molecular formula is C53H47BF15IrN2-. The minimum absolute atomic E-state index is 0. The van der Waals surface area contributed by atoms with Gasteiger partial charge in [-0.1, -0.05) is 85.7 Å². The topological polar surface area (TPSA) is 6.48 Å². The predicted octanol–water partition coefficient (Wildman–Crippen LogP) is 14.0. The van der Waals surface area contributed by atoms with Crippen LogP contribution in [-0.4, -0.2) is 11.0 Å². The molecule has 2 aliphatic carbocycles. The molecule has 0 saturated heterocycles. The summed E-state index contributed by atoms with van der Waals surface area (Å²) in [5.74, 6) is -47.9. The normalized spacial score (nSPS) is 16.0. The SMILES string of the molecule is CC(C)[C]1[CH]C=CC(C(C)C)=C1N1[C]N(c2c(C(C)C)cccc2C(C)C)C([B-](c2c(F)c(F)c(F)c(F)c2F)(c2c(F)c(F)c(F)c(F)c2F)c2c(F)c(F)c(F)c(F)c2F)=C1.[CH]1[CH]CC[CH][CH]CC1.[Ir]. The second kappa shape index (κ2) is 23.3.